The van der Waals surface area contributed by atoms with Gasteiger partial charge >= 0.3 is 6.47 Å². The van der Waals surface area contributed by atoms with Gasteiger partial charge in [-0.1, -0.05) is 24.3 Å². The lowest BCUT2D eigenvalue weighted by Crippen LogP contribution is -1.97. The topological polar surface area (TPSA) is 26.3 Å². The highest BCUT2D eigenvalue weighted by Gasteiger charge is 2.22. The zero-order valence-corrected chi connectivity index (χ0v) is 6.62. The summed E-state index contributed by atoms with van der Waals surface area (Å²) in [4.78, 5) is 10.0. The monoisotopic (exact) mass is 161 g/mol. The van der Waals surface area contributed by atoms with Crippen molar-refractivity contribution in [1.82, 2.24) is 0 Å². The van der Waals surface area contributed by atoms with Crippen LogP contribution in [0.2, 0.25) is 0 Å². The van der Waals surface area contributed by atoms with Crippen LogP contribution in [0.3, 0.4) is 0 Å². The number of benzene rings is 1. The van der Waals surface area contributed by atoms with Crippen molar-refractivity contribution in [2.45, 2.75) is 18.9 Å². The molecule has 1 aromatic rings. The van der Waals surface area contributed by atoms with Crippen molar-refractivity contribution in [3.63, 3.8) is 0 Å². The van der Waals surface area contributed by atoms with E-state index in [9.17, 15) is 4.79 Å². The molecular weight excluding hydrogens is 152 g/mol. The van der Waals surface area contributed by atoms with E-state index in [1.807, 2.05) is 18.2 Å². The van der Waals surface area contributed by atoms with Crippen molar-refractivity contribution < 1.29 is 9.53 Å². The van der Waals surface area contributed by atoms with E-state index in [0.717, 1.165) is 18.4 Å². The maximum absolute atomic E-state index is 10.0. The van der Waals surface area contributed by atoms with Crippen LogP contribution in [0.1, 0.15) is 23.7 Å². The van der Waals surface area contributed by atoms with Crippen LogP contribution in [0.25, 0.3) is 0 Å². The first-order chi connectivity index (χ1) is 5.92. The van der Waals surface area contributed by atoms with Crippen LogP contribution >= 0.6 is 0 Å². The van der Waals surface area contributed by atoms with Crippen molar-refractivity contribution in [2.24, 2.45) is 0 Å². The van der Waals surface area contributed by atoms with Gasteiger partial charge in [0, 0.05) is 0 Å². The van der Waals surface area contributed by atoms with Gasteiger partial charge in [-0.15, -0.1) is 0 Å². The Morgan fingerprint density at radius 1 is 1.42 bits per heavy atom. The Bertz CT molecular complexity index is 294. The normalized spacial score (nSPS) is 20.2. The summed E-state index contributed by atoms with van der Waals surface area (Å²) in [6.07, 6.45) is 1.84. The molecule has 0 heterocycles. The first kappa shape index (κ1) is 7.35. The second kappa shape index (κ2) is 2.97. The first-order valence-corrected chi connectivity index (χ1v) is 4.02. The molecule has 0 bridgehead atoms. The minimum atomic E-state index is -0.0568. The van der Waals surface area contributed by atoms with Gasteiger partial charge in [-0.05, 0) is 24.0 Å². The van der Waals surface area contributed by atoms with Crippen molar-refractivity contribution in [2.75, 3.05) is 0 Å². The zero-order valence-electron chi connectivity index (χ0n) is 6.62. The highest BCUT2D eigenvalue weighted by atomic mass is 16.5. The number of ether oxygens (including phenoxy) is 1. The molecule has 0 amide bonds. The van der Waals surface area contributed by atoms with E-state index in [2.05, 4.69) is 6.07 Å². The van der Waals surface area contributed by atoms with E-state index >= 15 is 0 Å². The van der Waals surface area contributed by atoms with Gasteiger partial charge in [-0.3, -0.25) is 0 Å². The summed E-state index contributed by atoms with van der Waals surface area (Å²) in [5, 5.41) is 0. The Balaban J connectivity index is 2.29. The largest absolute Gasteiger partial charge is 0.449 e. The quantitative estimate of drug-likeness (QED) is 0.660. The summed E-state index contributed by atoms with van der Waals surface area (Å²) in [6.45, 7) is 1.50. The molecule has 1 aliphatic rings. The molecule has 2 heteroatoms. The first-order valence-electron chi connectivity index (χ1n) is 4.02. The molecule has 0 saturated carbocycles. The van der Waals surface area contributed by atoms with E-state index in [1.165, 1.54) is 12.0 Å². The molecule has 0 N–H and O–H groups in total. The molecule has 1 unspecified atom stereocenters. The molecule has 61 valence electrons. The minimum absolute atomic E-state index is 0.0568. The predicted molar refractivity (Wildman–Crippen MR) is 44.3 cm³/mol. The third kappa shape index (κ3) is 1.09. The number of carbonyl (C=O) groups excluding carboxylic acids is 1. The van der Waals surface area contributed by atoms with Crippen LogP contribution in [0.15, 0.2) is 24.3 Å². The van der Waals surface area contributed by atoms with E-state index in [4.69, 9.17) is 4.74 Å². The summed E-state index contributed by atoms with van der Waals surface area (Å²) in [7, 11) is 0. The second-order valence-corrected chi connectivity index (χ2v) is 2.93. The number of fused-ring (bicyclic) bond motifs is 1. The van der Waals surface area contributed by atoms with Crippen LogP contribution in [0.4, 0.5) is 0 Å². The Labute approximate surface area is 71.2 Å². The fourth-order valence-electron chi connectivity index (χ4n) is 1.70. The van der Waals surface area contributed by atoms with E-state index in [-0.39, 0.29) is 6.10 Å². The Morgan fingerprint density at radius 2 is 2.25 bits per heavy atom. The molecule has 0 aromatic heterocycles. The van der Waals surface area contributed by atoms with Crippen LogP contribution in [-0.2, 0) is 16.0 Å². The average molecular weight is 161 g/mol. The molecule has 1 aromatic carbocycles. The zero-order chi connectivity index (χ0) is 8.39. The molecule has 0 aliphatic heterocycles. The highest BCUT2D eigenvalue weighted by molar-refractivity contribution is 5.42. The summed E-state index contributed by atoms with van der Waals surface area (Å²) in [5.74, 6) is 0. The van der Waals surface area contributed by atoms with Crippen molar-refractivity contribution in [3.05, 3.63) is 35.4 Å². The van der Waals surface area contributed by atoms with E-state index in [0.29, 0.717) is 0 Å². The number of hydrogen-bond acceptors (Lipinski definition) is 2. The third-order valence-corrected chi connectivity index (χ3v) is 2.27. The van der Waals surface area contributed by atoms with Crippen LogP contribution in [0, 0.1) is 0 Å². The van der Waals surface area contributed by atoms with Gasteiger partial charge < -0.3 is 4.74 Å². The molecule has 1 atom stereocenters. The SMILES string of the molecule is O=[C]OC1CCc2ccccc21. The summed E-state index contributed by atoms with van der Waals surface area (Å²) >= 11 is 0. The van der Waals surface area contributed by atoms with E-state index < -0.39 is 0 Å². The predicted octanol–water partition coefficient (Wildman–Crippen LogP) is 1.76. The lowest BCUT2D eigenvalue weighted by atomic mass is 10.1. The van der Waals surface area contributed by atoms with Gasteiger partial charge in [0.05, 0.1) is 0 Å². The van der Waals surface area contributed by atoms with Crippen LogP contribution < -0.4 is 0 Å². The molecule has 0 fully saturated rings. The molecule has 0 spiro atoms. The average Bonchev–Trinajstić information content (AvgIpc) is 2.50. The third-order valence-electron chi connectivity index (χ3n) is 2.27. The van der Waals surface area contributed by atoms with Gasteiger partial charge in [-0.25, -0.2) is 4.79 Å². The summed E-state index contributed by atoms with van der Waals surface area (Å²) < 4.78 is 4.82. The fourth-order valence-corrected chi connectivity index (χ4v) is 1.70. The molecule has 1 radical (unpaired) electrons. The summed E-state index contributed by atoms with van der Waals surface area (Å²) in [5.41, 5.74) is 2.43. The van der Waals surface area contributed by atoms with Gasteiger partial charge in [0.15, 0.2) is 0 Å². The molecule has 0 saturated heterocycles. The molecule has 2 rings (SSSR count). The Kier molecular flexibility index (Phi) is 1.82. The van der Waals surface area contributed by atoms with Crippen molar-refractivity contribution in [3.8, 4) is 0 Å². The lowest BCUT2D eigenvalue weighted by Gasteiger charge is -2.06. The van der Waals surface area contributed by atoms with E-state index in [1.54, 1.807) is 0 Å². The number of hydrogen-bond donors (Lipinski definition) is 0. The summed E-state index contributed by atoms with van der Waals surface area (Å²) in [6, 6.07) is 8.05. The smallest absolute Gasteiger partial charge is 0.418 e. The molecular formula is C10H9O2. The standard InChI is InChI=1S/C10H9O2/c11-7-12-10-6-5-8-3-1-2-4-9(8)10/h1-4,10H,5-6H2. The Hall–Kier alpha value is -1.31. The molecule has 2 nitrogen and oxygen atoms in total. The second-order valence-electron chi connectivity index (χ2n) is 2.93. The fraction of sp³-hybridized carbons (Fsp3) is 0.300. The van der Waals surface area contributed by atoms with Crippen LogP contribution in [0.5, 0.6) is 0 Å². The van der Waals surface area contributed by atoms with Gasteiger partial charge in [0.2, 0.25) is 0 Å². The number of rotatable bonds is 2. The van der Waals surface area contributed by atoms with Gasteiger partial charge in [0.1, 0.15) is 6.10 Å². The van der Waals surface area contributed by atoms with Gasteiger partial charge in [-0.2, -0.15) is 0 Å². The van der Waals surface area contributed by atoms with Crippen LogP contribution in [-0.4, -0.2) is 6.47 Å². The van der Waals surface area contributed by atoms with Crippen molar-refractivity contribution in [1.29, 1.82) is 0 Å². The maximum Gasteiger partial charge on any atom is 0.418 e. The Morgan fingerprint density at radius 3 is 3.08 bits per heavy atom. The molecule has 1 aliphatic carbocycles. The molecule has 12 heavy (non-hydrogen) atoms. The minimum Gasteiger partial charge on any atom is -0.449 e. The highest BCUT2D eigenvalue weighted by Crippen LogP contribution is 2.32. The van der Waals surface area contributed by atoms with Crippen molar-refractivity contribution >= 4 is 6.47 Å². The maximum atomic E-state index is 10.0. The van der Waals surface area contributed by atoms with Gasteiger partial charge in [0.25, 0.3) is 0 Å². The lowest BCUT2D eigenvalue weighted by molar-refractivity contribution is 0.181. The number of aryl methyl sites for hydroxylation is 1.